The SMILES string of the molecule is Cc1ccc(Sc2ccc(NC(=O)N3CCC(C(=O)O)C3)cc2)c(C)c1. The minimum absolute atomic E-state index is 0.247. The predicted molar refractivity (Wildman–Crippen MR) is 103 cm³/mol. The molecule has 136 valence electrons. The molecule has 0 saturated carbocycles. The summed E-state index contributed by atoms with van der Waals surface area (Å²) in [5.41, 5.74) is 3.20. The van der Waals surface area contributed by atoms with Crippen molar-refractivity contribution in [3.8, 4) is 0 Å². The molecule has 3 rings (SSSR count). The molecule has 0 aromatic heterocycles. The van der Waals surface area contributed by atoms with Gasteiger partial charge in [0.2, 0.25) is 0 Å². The minimum atomic E-state index is -0.840. The number of benzene rings is 2. The van der Waals surface area contributed by atoms with Crippen molar-refractivity contribution in [1.29, 1.82) is 0 Å². The van der Waals surface area contributed by atoms with Gasteiger partial charge in [0, 0.05) is 28.6 Å². The van der Waals surface area contributed by atoms with Crippen molar-refractivity contribution in [2.45, 2.75) is 30.1 Å². The van der Waals surface area contributed by atoms with E-state index in [1.807, 2.05) is 24.3 Å². The summed E-state index contributed by atoms with van der Waals surface area (Å²) in [7, 11) is 0. The summed E-state index contributed by atoms with van der Waals surface area (Å²) in [4.78, 5) is 27.1. The zero-order valence-corrected chi connectivity index (χ0v) is 15.7. The van der Waals surface area contributed by atoms with Crippen LogP contribution in [0, 0.1) is 19.8 Å². The summed E-state index contributed by atoms with van der Waals surface area (Å²) in [6, 6.07) is 13.8. The standard InChI is InChI=1S/C20H22N2O3S/c1-13-3-8-18(14(2)11-13)26-17-6-4-16(5-7-17)21-20(25)22-10-9-15(12-22)19(23)24/h3-8,11,15H,9-10,12H2,1-2H3,(H,21,25)(H,23,24). The highest BCUT2D eigenvalue weighted by Gasteiger charge is 2.30. The maximum absolute atomic E-state index is 12.3. The molecule has 1 atom stereocenters. The number of carboxylic acids is 1. The second-order valence-corrected chi connectivity index (χ2v) is 7.71. The van der Waals surface area contributed by atoms with E-state index in [1.54, 1.807) is 16.7 Å². The predicted octanol–water partition coefficient (Wildman–Crippen LogP) is 4.39. The molecule has 5 nitrogen and oxygen atoms in total. The van der Waals surface area contributed by atoms with Gasteiger partial charge in [0.1, 0.15) is 0 Å². The Kier molecular flexibility index (Phi) is 5.52. The number of nitrogens with zero attached hydrogens (tertiary/aromatic N) is 1. The fourth-order valence-corrected chi connectivity index (χ4v) is 3.88. The van der Waals surface area contributed by atoms with Gasteiger partial charge in [0.25, 0.3) is 0 Å². The molecule has 1 aliphatic rings. The third-order valence-electron chi connectivity index (χ3n) is 4.49. The van der Waals surface area contributed by atoms with E-state index in [-0.39, 0.29) is 12.6 Å². The second kappa shape index (κ2) is 7.83. The van der Waals surface area contributed by atoms with Gasteiger partial charge in [-0.1, -0.05) is 29.5 Å². The summed E-state index contributed by atoms with van der Waals surface area (Å²) < 4.78 is 0. The number of anilines is 1. The lowest BCUT2D eigenvalue weighted by molar-refractivity contribution is -0.141. The van der Waals surface area contributed by atoms with Gasteiger partial charge < -0.3 is 15.3 Å². The second-order valence-electron chi connectivity index (χ2n) is 6.60. The zero-order valence-electron chi connectivity index (χ0n) is 14.9. The highest BCUT2D eigenvalue weighted by molar-refractivity contribution is 7.99. The maximum atomic E-state index is 12.3. The minimum Gasteiger partial charge on any atom is -0.481 e. The van der Waals surface area contributed by atoms with E-state index in [0.717, 1.165) is 4.90 Å². The number of rotatable bonds is 4. The highest BCUT2D eigenvalue weighted by Crippen LogP contribution is 2.31. The third kappa shape index (κ3) is 4.38. The lowest BCUT2D eigenvalue weighted by Gasteiger charge is -2.17. The van der Waals surface area contributed by atoms with Crippen LogP contribution in [-0.4, -0.2) is 35.1 Å². The Morgan fingerprint density at radius 3 is 2.50 bits per heavy atom. The average molecular weight is 370 g/mol. The van der Waals surface area contributed by atoms with Crippen LogP contribution in [-0.2, 0) is 4.79 Å². The van der Waals surface area contributed by atoms with Crippen LogP contribution in [0.5, 0.6) is 0 Å². The molecular weight excluding hydrogens is 348 g/mol. The smallest absolute Gasteiger partial charge is 0.321 e. The number of aryl methyl sites for hydroxylation is 2. The number of hydrogen-bond donors (Lipinski definition) is 2. The van der Waals surface area contributed by atoms with E-state index in [2.05, 4.69) is 37.4 Å². The van der Waals surface area contributed by atoms with Crippen LogP contribution in [0.3, 0.4) is 0 Å². The summed E-state index contributed by atoms with van der Waals surface area (Å²) in [5.74, 6) is -1.30. The van der Waals surface area contributed by atoms with Crippen LogP contribution >= 0.6 is 11.8 Å². The molecule has 6 heteroatoms. The Hall–Kier alpha value is -2.47. The van der Waals surface area contributed by atoms with Crippen molar-refractivity contribution in [3.63, 3.8) is 0 Å². The molecule has 0 aliphatic carbocycles. The summed E-state index contributed by atoms with van der Waals surface area (Å²) in [6.07, 6.45) is 0.508. The van der Waals surface area contributed by atoms with Gasteiger partial charge in [-0.15, -0.1) is 0 Å². The average Bonchev–Trinajstić information content (AvgIpc) is 3.09. The summed E-state index contributed by atoms with van der Waals surface area (Å²) in [5, 5.41) is 11.9. The first-order chi connectivity index (χ1) is 12.4. The van der Waals surface area contributed by atoms with Gasteiger partial charge in [-0.25, -0.2) is 4.79 Å². The highest BCUT2D eigenvalue weighted by atomic mass is 32.2. The van der Waals surface area contributed by atoms with Gasteiger partial charge >= 0.3 is 12.0 Å². The lowest BCUT2D eigenvalue weighted by Crippen LogP contribution is -2.33. The Bertz CT molecular complexity index is 820. The number of carbonyl (C=O) groups excluding carboxylic acids is 1. The van der Waals surface area contributed by atoms with E-state index < -0.39 is 11.9 Å². The molecule has 2 amide bonds. The van der Waals surface area contributed by atoms with Gasteiger partial charge in [-0.2, -0.15) is 0 Å². The molecule has 0 bridgehead atoms. The monoisotopic (exact) mass is 370 g/mol. The zero-order chi connectivity index (χ0) is 18.7. The van der Waals surface area contributed by atoms with E-state index in [9.17, 15) is 9.59 Å². The number of nitrogens with one attached hydrogen (secondary N) is 1. The van der Waals surface area contributed by atoms with E-state index >= 15 is 0 Å². The first kappa shape index (κ1) is 18.3. The van der Waals surface area contributed by atoms with Crippen LogP contribution in [0.4, 0.5) is 10.5 Å². The lowest BCUT2D eigenvalue weighted by atomic mass is 10.1. The molecule has 2 N–H and O–H groups in total. The third-order valence-corrected chi connectivity index (χ3v) is 5.67. The Morgan fingerprint density at radius 1 is 1.15 bits per heavy atom. The molecule has 0 radical (unpaired) electrons. The van der Waals surface area contributed by atoms with Crippen molar-refractivity contribution in [1.82, 2.24) is 4.90 Å². The number of amides is 2. The fourth-order valence-electron chi connectivity index (χ4n) is 3.00. The van der Waals surface area contributed by atoms with Crippen molar-refractivity contribution in [3.05, 3.63) is 53.6 Å². The maximum Gasteiger partial charge on any atom is 0.321 e. The van der Waals surface area contributed by atoms with E-state index in [0.29, 0.717) is 18.7 Å². The quantitative estimate of drug-likeness (QED) is 0.837. The van der Waals surface area contributed by atoms with Crippen LogP contribution in [0.2, 0.25) is 0 Å². The van der Waals surface area contributed by atoms with Crippen molar-refractivity contribution in [2.24, 2.45) is 5.92 Å². The van der Waals surface area contributed by atoms with Crippen LogP contribution in [0.25, 0.3) is 0 Å². The number of aliphatic carboxylic acids is 1. The van der Waals surface area contributed by atoms with Crippen LogP contribution in [0.15, 0.2) is 52.3 Å². The van der Waals surface area contributed by atoms with E-state index in [4.69, 9.17) is 5.11 Å². The molecule has 0 spiro atoms. The molecule has 1 unspecified atom stereocenters. The Labute approximate surface area is 157 Å². The molecule has 1 fully saturated rings. The molecule has 1 saturated heterocycles. The largest absolute Gasteiger partial charge is 0.481 e. The molecule has 2 aromatic carbocycles. The normalized spacial score (nSPS) is 16.5. The van der Waals surface area contributed by atoms with Crippen LogP contribution in [0.1, 0.15) is 17.5 Å². The van der Waals surface area contributed by atoms with Gasteiger partial charge in [0.15, 0.2) is 0 Å². The van der Waals surface area contributed by atoms with Gasteiger partial charge in [-0.3, -0.25) is 4.79 Å². The summed E-state index contributed by atoms with van der Waals surface area (Å²) in [6.45, 7) is 4.92. The molecular formula is C20H22N2O3S. The van der Waals surface area contributed by atoms with E-state index in [1.165, 1.54) is 16.0 Å². The van der Waals surface area contributed by atoms with Crippen molar-refractivity contribution < 1.29 is 14.7 Å². The number of likely N-dealkylation sites (tertiary alicyclic amines) is 1. The van der Waals surface area contributed by atoms with Gasteiger partial charge in [0.05, 0.1) is 5.92 Å². The number of urea groups is 1. The Balaban J connectivity index is 1.59. The van der Waals surface area contributed by atoms with Crippen LogP contribution < -0.4 is 5.32 Å². The van der Waals surface area contributed by atoms with Crippen molar-refractivity contribution in [2.75, 3.05) is 18.4 Å². The number of hydrogen-bond acceptors (Lipinski definition) is 3. The molecule has 1 aliphatic heterocycles. The van der Waals surface area contributed by atoms with Crippen molar-refractivity contribution >= 4 is 29.4 Å². The topological polar surface area (TPSA) is 69.6 Å². The molecule has 26 heavy (non-hydrogen) atoms. The summed E-state index contributed by atoms with van der Waals surface area (Å²) >= 11 is 1.69. The first-order valence-corrected chi connectivity index (χ1v) is 9.38. The van der Waals surface area contributed by atoms with Gasteiger partial charge in [-0.05, 0) is 56.2 Å². The number of carboxylic acid groups (broad SMARTS) is 1. The number of carbonyl (C=O) groups is 2. The Morgan fingerprint density at radius 2 is 1.88 bits per heavy atom. The first-order valence-electron chi connectivity index (χ1n) is 8.56. The molecule has 1 heterocycles. The fraction of sp³-hybridized carbons (Fsp3) is 0.300. The molecule has 2 aromatic rings.